The van der Waals surface area contributed by atoms with Gasteiger partial charge in [-0.2, -0.15) is 13.2 Å². The minimum absolute atomic E-state index is 0.00195. The smallest absolute Gasteiger partial charge is 0.332 e. The van der Waals surface area contributed by atoms with Crippen LogP contribution in [0.1, 0.15) is 11.6 Å². The summed E-state index contributed by atoms with van der Waals surface area (Å²) in [6, 6.07) is 10.6. The van der Waals surface area contributed by atoms with Crippen molar-refractivity contribution in [2.24, 2.45) is 0 Å². The van der Waals surface area contributed by atoms with Gasteiger partial charge in [0.05, 0.1) is 22.6 Å². The molecule has 0 unspecified atom stereocenters. The molecule has 0 radical (unpaired) electrons. The Labute approximate surface area is 167 Å². The number of carbonyl (C=O) groups excluding carboxylic acids is 1. The Morgan fingerprint density at radius 3 is 2.30 bits per heavy atom. The Morgan fingerprint density at radius 1 is 1.07 bits per heavy atom. The zero-order valence-electron chi connectivity index (χ0n) is 15.5. The summed E-state index contributed by atoms with van der Waals surface area (Å²) in [5, 5.41) is 0. The van der Waals surface area contributed by atoms with Gasteiger partial charge in [0, 0.05) is 18.7 Å². The number of rotatable bonds is 3. The van der Waals surface area contributed by atoms with Crippen LogP contribution >= 0.6 is 0 Å². The molecule has 154 valence electrons. The minimum Gasteiger partial charge on any atom is -0.332 e. The van der Waals surface area contributed by atoms with E-state index in [2.05, 4.69) is 11.6 Å². The van der Waals surface area contributed by atoms with E-state index < -0.39 is 35.1 Å². The van der Waals surface area contributed by atoms with E-state index in [0.717, 1.165) is 12.1 Å². The maximum absolute atomic E-state index is 13.2. The van der Waals surface area contributed by atoms with Crippen LogP contribution < -0.4 is 5.56 Å². The number of fused-ring (bicyclic) bond motifs is 1. The van der Waals surface area contributed by atoms with E-state index in [1.54, 1.807) is 24.3 Å². The van der Waals surface area contributed by atoms with E-state index in [9.17, 15) is 27.2 Å². The SMILES string of the molecule is C=C(F)C(=O)N1CC(n2c(=O)c(-c3ccc(C(F)(F)F)cc3)nc3ccccc32)C1. The molecule has 0 atom stereocenters. The molecule has 1 aliphatic rings. The second-order valence-electron chi connectivity index (χ2n) is 6.97. The molecule has 1 aliphatic heterocycles. The second kappa shape index (κ2) is 7.08. The van der Waals surface area contributed by atoms with Gasteiger partial charge in [-0.15, -0.1) is 0 Å². The zero-order chi connectivity index (χ0) is 21.6. The van der Waals surface area contributed by atoms with Crippen molar-refractivity contribution >= 4 is 16.9 Å². The molecule has 1 aromatic heterocycles. The van der Waals surface area contributed by atoms with Crippen LogP contribution in [-0.4, -0.2) is 33.4 Å². The molecule has 0 aliphatic carbocycles. The lowest BCUT2D eigenvalue weighted by atomic mass is 10.1. The first kappa shape index (κ1) is 19.8. The highest BCUT2D eigenvalue weighted by Gasteiger charge is 2.35. The Bertz CT molecular complexity index is 1210. The Kier molecular flexibility index (Phi) is 4.68. The topological polar surface area (TPSA) is 55.2 Å². The summed E-state index contributed by atoms with van der Waals surface area (Å²) in [4.78, 5) is 30.5. The molecule has 2 aromatic carbocycles. The van der Waals surface area contributed by atoms with Gasteiger partial charge in [-0.3, -0.25) is 14.2 Å². The highest BCUT2D eigenvalue weighted by molar-refractivity contribution is 5.91. The number of carbonyl (C=O) groups is 1. The molecule has 3 aromatic rings. The number of benzene rings is 2. The van der Waals surface area contributed by atoms with Crippen molar-refractivity contribution in [1.29, 1.82) is 0 Å². The number of hydrogen-bond donors (Lipinski definition) is 0. The molecule has 0 saturated carbocycles. The van der Waals surface area contributed by atoms with Gasteiger partial charge in [0.2, 0.25) is 0 Å². The van der Waals surface area contributed by atoms with Gasteiger partial charge in [0.15, 0.2) is 5.83 Å². The van der Waals surface area contributed by atoms with Gasteiger partial charge in [-0.05, 0) is 24.3 Å². The van der Waals surface area contributed by atoms with Gasteiger partial charge in [-0.1, -0.05) is 30.8 Å². The molecule has 1 fully saturated rings. The highest BCUT2D eigenvalue weighted by atomic mass is 19.4. The van der Waals surface area contributed by atoms with Crippen molar-refractivity contribution in [2.45, 2.75) is 12.2 Å². The number of aromatic nitrogens is 2. The standard InChI is InChI=1S/C21H15F4N3O2/c1-12(22)19(29)27-10-15(11-27)28-17-5-3-2-4-16(17)26-18(20(28)30)13-6-8-14(9-7-13)21(23,24)25/h2-9,15H,1,10-11H2. The first-order valence-corrected chi connectivity index (χ1v) is 8.99. The number of likely N-dealkylation sites (tertiary alicyclic amines) is 1. The fraction of sp³-hybridized carbons (Fsp3) is 0.190. The summed E-state index contributed by atoms with van der Waals surface area (Å²) in [7, 11) is 0. The third-order valence-corrected chi connectivity index (χ3v) is 5.03. The third-order valence-electron chi connectivity index (χ3n) is 5.03. The molecule has 1 saturated heterocycles. The van der Waals surface area contributed by atoms with E-state index in [-0.39, 0.29) is 24.3 Å². The maximum Gasteiger partial charge on any atom is 0.416 e. The number of halogens is 4. The monoisotopic (exact) mass is 417 g/mol. The van der Waals surface area contributed by atoms with Crippen LogP contribution in [0.15, 0.2) is 65.7 Å². The average Bonchev–Trinajstić information content (AvgIpc) is 2.67. The summed E-state index contributed by atoms with van der Waals surface area (Å²) in [6.07, 6.45) is -4.49. The fourth-order valence-corrected chi connectivity index (χ4v) is 3.48. The van der Waals surface area contributed by atoms with E-state index in [1.165, 1.54) is 21.6 Å². The van der Waals surface area contributed by atoms with Gasteiger partial charge in [0.1, 0.15) is 5.69 Å². The zero-order valence-corrected chi connectivity index (χ0v) is 15.5. The Hall–Kier alpha value is -3.49. The molecule has 30 heavy (non-hydrogen) atoms. The summed E-state index contributed by atoms with van der Waals surface area (Å²) < 4.78 is 53.1. The number of nitrogens with zero attached hydrogens (tertiary/aromatic N) is 3. The predicted octanol–water partition coefficient (Wildman–Crippen LogP) is 3.95. The Morgan fingerprint density at radius 2 is 1.70 bits per heavy atom. The van der Waals surface area contributed by atoms with Crippen LogP contribution in [0, 0.1) is 0 Å². The van der Waals surface area contributed by atoms with Crippen LogP contribution in [0.4, 0.5) is 17.6 Å². The lowest BCUT2D eigenvalue weighted by Gasteiger charge is -2.40. The van der Waals surface area contributed by atoms with E-state index in [0.29, 0.717) is 11.0 Å². The second-order valence-corrected chi connectivity index (χ2v) is 6.97. The van der Waals surface area contributed by atoms with Gasteiger partial charge >= 0.3 is 6.18 Å². The van der Waals surface area contributed by atoms with Crippen LogP contribution in [0.2, 0.25) is 0 Å². The molecule has 9 heteroatoms. The third kappa shape index (κ3) is 3.36. The molecule has 0 N–H and O–H groups in total. The highest BCUT2D eigenvalue weighted by Crippen LogP contribution is 2.31. The van der Waals surface area contributed by atoms with Gasteiger partial charge in [-0.25, -0.2) is 9.37 Å². The van der Waals surface area contributed by atoms with Crippen molar-refractivity contribution in [3.05, 3.63) is 76.9 Å². The fourth-order valence-electron chi connectivity index (χ4n) is 3.48. The summed E-state index contributed by atoms with van der Waals surface area (Å²) in [5.41, 5.74) is -0.0726. The number of para-hydroxylation sites is 2. The van der Waals surface area contributed by atoms with Crippen LogP contribution in [0.3, 0.4) is 0 Å². The minimum atomic E-state index is -4.49. The van der Waals surface area contributed by atoms with Crippen LogP contribution in [-0.2, 0) is 11.0 Å². The van der Waals surface area contributed by atoms with Gasteiger partial charge < -0.3 is 4.90 Å². The quantitative estimate of drug-likeness (QED) is 0.479. The van der Waals surface area contributed by atoms with E-state index in [4.69, 9.17) is 0 Å². The molecule has 2 heterocycles. The maximum atomic E-state index is 13.2. The molecule has 1 amide bonds. The lowest BCUT2D eigenvalue weighted by molar-refractivity contribution is -0.137. The molecule has 0 spiro atoms. The van der Waals surface area contributed by atoms with E-state index >= 15 is 0 Å². The predicted molar refractivity (Wildman–Crippen MR) is 102 cm³/mol. The summed E-state index contributed by atoms with van der Waals surface area (Å²) in [5.74, 6) is -1.91. The largest absolute Gasteiger partial charge is 0.416 e. The summed E-state index contributed by atoms with van der Waals surface area (Å²) >= 11 is 0. The van der Waals surface area contributed by atoms with Gasteiger partial charge in [0.25, 0.3) is 11.5 Å². The molecule has 5 nitrogen and oxygen atoms in total. The van der Waals surface area contributed by atoms with Crippen LogP contribution in [0.5, 0.6) is 0 Å². The average molecular weight is 417 g/mol. The van der Waals surface area contributed by atoms with Crippen molar-refractivity contribution in [3.8, 4) is 11.3 Å². The molecular weight excluding hydrogens is 402 g/mol. The first-order valence-electron chi connectivity index (χ1n) is 8.99. The number of alkyl halides is 3. The summed E-state index contributed by atoms with van der Waals surface area (Å²) in [6.45, 7) is 3.21. The molecule has 4 rings (SSSR count). The van der Waals surface area contributed by atoms with Crippen LogP contribution in [0.25, 0.3) is 22.3 Å². The first-order chi connectivity index (χ1) is 14.2. The Balaban J connectivity index is 1.78. The normalized spacial score (nSPS) is 14.6. The number of amides is 1. The van der Waals surface area contributed by atoms with Crippen molar-refractivity contribution in [3.63, 3.8) is 0 Å². The number of hydrogen-bond acceptors (Lipinski definition) is 3. The van der Waals surface area contributed by atoms with Crippen molar-refractivity contribution < 1.29 is 22.4 Å². The van der Waals surface area contributed by atoms with Crippen molar-refractivity contribution in [1.82, 2.24) is 14.5 Å². The molecular formula is C21H15F4N3O2. The van der Waals surface area contributed by atoms with E-state index in [1.807, 2.05) is 0 Å². The van der Waals surface area contributed by atoms with Crippen molar-refractivity contribution in [2.75, 3.05) is 13.1 Å². The lowest BCUT2D eigenvalue weighted by Crippen LogP contribution is -2.53. The molecule has 0 bridgehead atoms.